The normalized spacial score (nSPS) is 10.8. The summed E-state index contributed by atoms with van der Waals surface area (Å²) >= 11 is 3.44. The van der Waals surface area contributed by atoms with Gasteiger partial charge in [0.15, 0.2) is 0 Å². The van der Waals surface area contributed by atoms with Crippen molar-refractivity contribution >= 4 is 32.7 Å². The van der Waals surface area contributed by atoms with Crippen LogP contribution in [0.3, 0.4) is 0 Å². The van der Waals surface area contributed by atoms with Gasteiger partial charge >= 0.3 is 0 Å². The van der Waals surface area contributed by atoms with Gasteiger partial charge in [-0.1, -0.05) is 13.3 Å². The number of nitrogens with zero attached hydrogens (tertiary/aromatic N) is 3. The van der Waals surface area contributed by atoms with Gasteiger partial charge in [-0.2, -0.15) is 0 Å². The lowest BCUT2D eigenvalue weighted by Gasteiger charge is -2.23. The van der Waals surface area contributed by atoms with Crippen molar-refractivity contribution in [1.82, 2.24) is 9.97 Å². The standard InChI is InChI=1S/C14H18BrN3/c1-3-5-8-18(4-2)13-6-7-16-12-9-11(15)10-17-14(12)13/h6-7,9-10H,3-5,8H2,1-2H3. The molecule has 0 aliphatic carbocycles. The molecule has 0 saturated heterocycles. The smallest absolute Gasteiger partial charge is 0.112 e. The van der Waals surface area contributed by atoms with Crippen molar-refractivity contribution in [1.29, 1.82) is 0 Å². The third-order valence-corrected chi connectivity index (χ3v) is 3.46. The van der Waals surface area contributed by atoms with E-state index in [-0.39, 0.29) is 0 Å². The van der Waals surface area contributed by atoms with E-state index < -0.39 is 0 Å². The van der Waals surface area contributed by atoms with E-state index in [2.05, 4.69) is 50.7 Å². The zero-order valence-corrected chi connectivity index (χ0v) is 12.4. The molecule has 0 aliphatic rings. The van der Waals surface area contributed by atoms with Crippen LogP contribution in [0.5, 0.6) is 0 Å². The summed E-state index contributed by atoms with van der Waals surface area (Å²) < 4.78 is 0.969. The van der Waals surface area contributed by atoms with Gasteiger partial charge in [0.1, 0.15) is 5.52 Å². The Labute approximate surface area is 116 Å². The first-order valence-electron chi connectivity index (χ1n) is 6.41. The summed E-state index contributed by atoms with van der Waals surface area (Å²) in [6, 6.07) is 4.07. The van der Waals surface area contributed by atoms with Gasteiger partial charge in [-0.3, -0.25) is 9.97 Å². The van der Waals surface area contributed by atoms with E-state index in [1.54, 1.807) is 0 Å². The second-order valence-electron chi connectivity index (χ2n) is 4.28. The quantitative estimate of drug-likeness (QED) is 0.835. The second-order valence-corrected chi connectivity index (χ2v) is 5.20. The molecule has 0 fully saturated rings. The molecular formula is C14H18BrN3. The van der Waals surface area contributed by atoms with Crippen LogP contribution in [-0.2, 0) is 0 Å². The zero-order chi connectivity index (χ0) is 13.0. The largest absolute Gasteiger partial charge is 0.370 e. The first-order valence-corrected chi connectivity index (χ1v) is 7.20. The van der Waals surface area contributed by atoms with Gasteiger partial charge in [-0.05, 0) is 41.4 Å². The molecule has 0 radical (unpaired) electrons. The van der Waals surface area contributed by atoms with E-state index in [0.717, 1.165) is 28.6 Å². The molecule has 0 N–H and O–H groups in total. The predicted octanol–water partition coefficient (Wildman–Crippen LogP) is 4.02. The Morgan fingerprint density at radius 3 is 2.83 bits per heavy atom. The number of pyridine rings is 2. The molecule has 0 aromatic carbocycles. The summed E-state index contributed by atoms with van der Waals surface area (Å²) in [4.78, 5) is 11.3. The molecule has 0 aliphatic heterocycles. The van der Waals surface area contributed by atoms with E-state index in [9.17, 15) is 0 Å². The molecule has 2 aromatic rings. The third kappa shape index (κ3) is 2.80. The van der Waals surface area contributed by atoms with E-state index >= 15 is 0 Å². The van der Waals surface area contributed by atoms with Crippen LogP contribution in [0.1, 0.15) is 26.7 Å². The maximum absolute atomic E-state index is 4.51. The zero-order valence-electron chi connectivity index (χ0n) is 10.9. The van der Waals surface area contributed by atoms with Gasteiger partial charge in [0, 0.05) is 30.0 Å². The Morgan fingerprint density at radius 1 is 1.28 bits per heavy atom. The topological polar surface area (TPSA) is 29.0 Å². The van der Waals surface area contributed by atoms with Crippen LogP contribution in [0.15, 0.2) is 29.0 Å². The monoisotopic (exact) mass is 307 g/mol. The SMILES string of the molecule is CCCCN(CC)c1ccnc2cc(Br)cnc12. The molecule has 0 unspecified atom stereocenters. The molecule has 18 heavy (non-hydrogen) atoms. The predicted molar refractivity (Wildman–Crippen MR) is 80.0 cm³/mol. The van der Waals surface area contributed by atoms with Crippen LogP contribution in [0, 0.1) is 0 Å². The first-order chi connectivity index (χ1) is 8.76. The molecule has 96 valence electrons. The number of rotatable bonds is 5. The fraction of sp³-hybridized carbons (Fsp3) is 0.429. The molecule has 2 rings (SSSR count). The number of hydrogen-bond acceptors (Lipinski definition) is 3. The molecule has 0 amide bonds. The molecule has 0 spiro atoms. The number of aromatic nitrogens is 2. The van der Waals surface area contributed by atoms with Crippen molar-refractivity contribution in [2.75, 3.05) is 18.0 Å². The molecule has 0 atom stereocenters. The number of anilines is 1. The second kappa shape index (κ2) is 6.14. The van der Waals surface area contributed by atoms with Crippen LogP contribution in [0.25, 0.3) is 11.0 Å². The van der Waals surface area contributed by atoms with Crippen LogP contribution < -0.4 is 4.90 Å². The Bertz CT molecular complexity index is 527. The minimum absolute atomic E-state index is 0.942. The minimum atomic E-state index is 0.942. The summed E-state index contributed by atoms with van der Waals surface area (Å²) in [7, 11) is 0. The van der Waals surface area contributed by atoms with Crippen molar-refractivity contribution in [3.8, 4) is 0 Å². The number of halogens is 1. The van der Waals surface area contributed by atoms with Crippen LogP contribution in [0.2, 0.25) is 0 Å². The summed E-state index contributed by atoms with van der Waals surface area (Å²) in [5.74, 6) is 0. The lowest BCUT2D eigenvalue weighted by Crippen LogP contribution is -2.24. The molecule has 0 bridgehead atoms. The van der Waals surface area contributed by atoms with E-state index in [4.69, 9.17) is 0 Å². The fourth-order valence-electron chi connectivity index (χ4n) is 2.04. The van der Waals surface area contributed by atoms with Gasteiger partial charge in [0.05, 0.1) is 11.2 Å². The van der Waals surface area contributed by atoms with Gasteiger partial charge in [-0.25, -0.2) is 0 Å². The molecule has 4 heteroatoms. The highest BCUT2D eigenvalue weighted by molar-refractivity contribution is 9.10. The van der Waals surface area contributed by atoms with Crippen molar-refractivity contribution in [3.63, 3.8) is 0 Å². The van der Waals surface area contributed by atoms with E-state index in [1.807, 2.05) is 18.5 Å². The summed E-state index contributed by atoms with van der Waals surface area (Å²) in [6.45, 7) is 6.47. The first kappa shape index (κ1) is 13.3. The molecular weight excluding hydrogens is 290 g/mol. The van der Waals surface area contributed by atoms with Crippen LogP contribution in [0.4, 0.5) is 5.69 Å². The maximum Gasteiger partial charge on any atom is 0.112 e. The van der Waals surface area contributed by atoms with E-state index in [0.29, 0.717) is 0 Å². The van der Waals surface area contributed by atoms with Gasteiger partial charge in [0.25, 0.3) is 0 Å². The lowest BCUT2D eigenvalue weighted by molar-refractivity contribution is 0.733. The number of fused-ring (bicyclic) bond motifs is 1. The molecule has 0 saturated carbocycles. The summed E-state index contributed by atoms with van der Waals surface area (Å²) in [5, 5.41) is 0. The van der Waals surface area contributed by atoms with Crippen molar-refractivity contribution in [3.05, 3.63) is 29.0 Å². The lowest BCUT2D eigenvalue weighted by atomic mass is 10.2. The van der Waals surface area contributed by atoms with Crippen molar-refractivity contribution in [2.24, 2.45) is 0 Å². The van der Waals surface area contributed by atoms with Crippen LogP contribution >= 0.6 is 15.9 Å². The highest BCUT2D eigenvalue weighted by atomic mass is 79.9. The van der Waals surface area contributed by atoms with Crippen molar-refractivity contribution in [2.45, 2.75) is 26.7 Å². The highest BCUT2D eigenvalue weighted by Crippen LogP contribution is 2.25. The van der Waals surface area contributed by atoms with Gasteiger partial charge in [0.2, 0.25) is 0 Å². The molecule has 2 heterocycles. The minimum Gasteiger partial charge on any atom is -0.370 e. The molecule has 2 aromatic heterocycles. The average molecular weight is 308 g/mol. The average Bonchev–Trinajstić information content (AvgIpc) is 2.39. The Kier molecular flexibility index (Phi) is 4.53. The Hall–Kier alpha value is -1.16. The van der Waals surface area contributed by atoms with Gasteiger partial charge < -0.3 is 4.90 Å². The number of hydrogen-bond donors (Lipinski definition) is 0. The van der Waals surface area contributed by atoms with Crippen LogP contribution in [-0.4, -0.2) is 23.1 Å². The van der Waals surface area contributed by atoms with Crippen molar-refractivity contribution < 1.29 is 0 Å². The highest BCUT2D eigenvalue weighted by Gasteiger charge is 2.10. The van der Waals surface area contributed by atoms with E-state index in [1.165, 1.54) is 18.5 Å². The maximum atomic E-state index is 4.51. The Morgan fingerprint density at radius 2 is 2.11 bits per heavy atom. The van der Waals surface area contributed by atoms with Gasteiger partial charge in [-0.15, -0.1) is 0 Å². The molecule has 3 nitrogen and oxygen atoms in total. The third-order valence-electron chi connectivity index (χ3n) is 3.03. The number of unbranched alkanes of at least 4 members (excludes halogenated alkanes) is 1. The summed E-state index contributed by atoms with van der Waals surface area (Å²) in [6.07, 6.45) is 6.11. The fourth-order valence-corrected chi connectivity index (χ4v) is 2.36. The Balaban J connectivity index is 2.42. The summed E-state index contributed by atoms with van der Waals surface area (Å²) in [5.41, 5.74) is 3.11.